The zero-order valence-corrected chi connectivity index (χ0v) is 51.1. The quantitative estimate of drug-likeness (QED) is 0.0319. The van der Waals surface area contributed by atoms with Gasteiger partial charge in [-0.15, -0.1) is 0 Å². The molecule has 4 rings (SSSR count). The minimum atomic E-state index is -1.83. The fourth-order valence-corrected chi connectivity index (χ4v) is 12.3. The maximum absolute atomic E-state index is 11.2. The molecular formula is C58H110O26S. The molecule has 0 aromatic heterocycles. The smallest absolute Gasteiger partial charge is 0.186 e. The first kappa shape index (κ1) is 76.8. The topological polar surface area (TPSA) is 416 Å². The molecule has 16 N–H and O–H groups in total. The average molecular weight is 1260 g/mol. The van der Waals surface area contributed by atoms with Gasteiger partial charge in [-0.2, -0.15) is 11.8 Å². The van der Waals surface area contributed by atoms with E-state index in [9.17, 15) is 81.7 Å². The number of aliphatic hydroxyl groups is 16. The van der Waals surface area contributed by atoms with Gasteiger partial charge in [0.25, 0.3) is 0 Å². The lowest BCUT2D eigenvalue weighted by molar-refractivity contribution is -0.319. The van der Waals surface area contributed by atoms with E-state index in [4.69, 9.17) is 47.4 Å². The molecule has 504 valence electrons. The van der Waals surface area contributed by atoms with Crippen LogP contribution >= 0.6 is 11.8 Å². The van der Waals surface area contributed by atoms with Crippen LogP contribution < -0.4 is 0 Å². The molecule has 0 aromatic carbocycles. The molecular weight excluding hydrogens is 1140 g/mol. The molecule has 0 bridgehead atoms. The Morgan fingerprint density at radius 3 is 0.741 bits per heavy atom. The van der Waals surface area contributed by atoms with Crippen LogP contribution in [0.2, 0.25) is 0 Å². The maximum atomic E-state index is 11.2. The van der Waals surface area contributed by atoms with Crippen molar-refractivity contribution < 1.29 is 129 Å². The maximum Gasteiger partial charge on any atom is 0.186 e. The van der Waals surface area contributed by atoms with E-state index >= 15 is 0 Å². The molecule has 0 aromatic rings. The number of aliphatic hydroxyl groups excluding tert-OH is 16. The van der Waals surface area contributed by atoms with Gasteiger partial charge in [-0.25, -0.2) is 0 Å². The van der Waals surface area contributed by atoms with Crippen LogP contribution in [0.1, 0.15) is 142 Å². The molecule has 0 radical (unpaired) electrons. The Morgan fingerprint density at radius 2 is 0.518 bits per heavy atom. The van der Waals surface area contributed by atoms with Crippen LogP contribution in [0.4, 0.5) is 0 Å². The van der Waals surface area contributed by atoms with Gasteiger partial charge in [0.2, 0.25) is 0 Å². The van der Waals surface area contributed by atoms with Gasteiger partial charge in [0.15, 0.2) is 25.2 Å². The van der Waals surface area contributed by atoms with Crippen molar-refractivity contribution in [3.8, 4) is 0 Å². The summed E-state index contributed by atoms with van der Waals surface area (Å²) in [6.45, 7) is -0.301. The molecule has 27 heteroatoms. The van der Waals surface area contributed by atoms with Crippen LogP contribution in [0.3, 0.4) is 0 Å². The number of unbranched alkanes of at least 4 members (excludes halogenated alkanes) is 18. The minimum absolute atomic E-state index is 0.0554. The second-order valence-electron chi connectivity index (χ2n) is 24.0. The summed E-state index contributed by atoms with van der Waals surface area (Å²) in [5.74, 6) is -0.111. The Labute approximate surface area is 505 Å². The van der Waals surface area contributed by atoms with Gasteiger partial charge in [0, 0.05) is 35.5 Å². The third-order valence-corrected chi connectivity index (χ3v) is 18.2. The number of thioether (sulfide) groups is 1. The van der Waals surface area contributed by atoms with E-state index in [1.165, 1.54) is 63.1 Å². The van der Waals surface area contributed by atoms with E-state index in [1.54, 1.807) is 0 Å². The monoisotopic (exact) mass is 1250 g/mol. The molecule has 4 aliphatic heterocycles. The highest BCUT2D eigenvalue weighted by Gasteiger charge is 2.50. The van der Waals surface area contributed by atoms with Crippen LogP contribution in [-0.2, 0) is 47.4 Å². The molecule has 0 aliphatic carbocycles. The van der Waals surface area contributed by atoms with Crippen molar-refractivity contribution in [3.05, 3.63) is 0 Å². The number of rotatable bonds is 46. The summed E-state index contributed by atoms with van der Waals surface area (Å²) in [4.78, 5) is 0. The standard InChI is InChI=1S/C58H110O26S/c1-3-5-7-9-11-13-15-17-19-21-23-75-29-57(31-77-53-49(71)45(67)41(63)37(25-59)81-53,32-78-54-50(72)46(68)42(64)38(26-60)82-54)35-85-36-58(30-76-24-22-20-18-16-14-12-10-8-6-4-2,33-79-55-51(73)47(69)43(65)39(27-61)83-55)34-80-56-52(74)48(70)44(66)40(28-62)84-56/h37-56,59-74H,3-36H2,1-2H3/t37?,38?,39?,40?,41-,42-,43-,44-,45?,46?,47?,48?,49?,50?,51?,52?,53-,54-,55-,56-,57?,58?/m1/s1. The van der Waals surface area contributed by atoms with Crippen LogP contribution in [0, 0.1) is 10.8 Å². The van der Waals surface area contributed by atoms with Crippen molar-refractivity contribution in [3.63, 3.8) is 0 Å². The van der Waals surface area contributed by atoms with E-state index in [0.717, 1.165) is 64.2 Å². The van der Waals surface area contributed by atoms with Crippen molar-refractivity contribution >= 4 is 11.8 Å². The van der Waals surface area contributed by atoms with Crippen LogP contribution in [-0.4, -0.2) is 295 Å². The summed E-state index contributed by atoms with van der Waals surface area (Å²) >= 11 is 1.20. The van der Waals surface area contributed by atoms with Crippen LogP contribution in [0.5, 0.6) is 0 Å². The predicted molar refractivity (Wildman–Crippen MR) is 306 cm³/mol. The van der Waals surface area contributed by atoms with E-state index in [1.807, 2.05) is 0 Å². The summed E-state index contributed by atoms with van der Waals surface area (Å²) in [5.41, 5.74) is -2.83. The molecule has 85 heavy (non-hydrogen) atoms. The SMILES string of the molecule is CCCCCCCCCCCCOCC(CO[C@@H]1OC(CO)[C@@H](O)C(O)C1O)(CO[C@@H]1OC(CO)[C@@H](O)C(O)C1O)CSCC(COCCCCCCCCCCCC)(CO[C@@H]1OC(CO)[C@@H](O)C(O)C1O)CO[C@@H]1OC(CO)[C@@H](O)C(O)C1O. The van der Waals surface area contributed by atoms with E-state index in [0.29, 0.717) is 12.8 Å². The van der Waals surface area contributed by atoms with Crippen molar-refractivity contribution in [2.45, 2.75) is 265 Å². The second kappa shape index (κ2) is 41.7. The minimum Gasteiger partial charge on any atom is -0.394 e. The first-order valence-corrected chi connectivity index (χ1v) is 32.4. The zero-order valence-electron chi connectivity index (χ0n) is 50.2. The zero-order chi connectivity index (χ0) is 62.4. The first-order valence-electron chi connectivity index (χ1n) is 31.3. The van der Waals surface area contributed by atoms with E-state index in [2.05, 4.69) is 13.8 Å². The Balaban J connectivity index is 1.71. The highest BCUT2D eigenvalue weighted by atomic mass is 32.2. The number of hydrogen-bond donors (Lipinski definition) is 16. The summed E-state index contributed by atoms with van der Waals surface area (Å²) in [5, 5.41) is 170. The summed E-state index contributed by atoms with van der Waals surface area (Å²) in [6.07, 6.45) is -12.2. The van der Waals surface area contributed by atoms with Crippen LogP contribution in [0.15, 0.2) is 0 Å². The van der Waals surface area contributed by atoms with Crippen molar-refractivity contribution in [2.24, 2.45) is 10.8 Å². The lowest BCUT2D eigenvalue weighted by Gasteiger charge is -2.44. The Kier molecular flexibility index (Phi) is 37.7. The Morgan fingerprint density at radius 1 is 0.294 bits per heavy atom. The third-order valence-electron chi connectivity index (χ3n) is 16.5. The van der Waals surface area contributed by atoms with Gasteiger partial charge < -0.3 is 129 Å². The normalized spacial score (nSPS) is 35.2. The predicted octanol–water partition coefficient (Wildman–Crippen LogP) is -1.17. The summed E-state index contributed by atoms with van der Waals surface area (Å²) in [7, 11) is 0. The molecule has 4 saturated heterocycles. The molecule has 4 aliphatic rings. The van der Waals surface area contributed by atoms with Crippen molar-refractivity contribution in [1.29, 1.82) is 0 Å². The molecule has 0 spiro atoms. The average Bonchev–Trinajstić information content (AvgIpc) is 3.65. The molecule has 20 atom stereocenters. The third kappa shape index (κ3) is 24.7. The van der Waals surface area contributed by atoms with Gasteiger partial charge in [0.05, 0.1) is 66.1 Å². The Bertz CT molecular complexity index is 1480. The first-order chi connectivity index (χ1) is 40.9. The summed E-state index contributed by atoms with van der Waals surface area (Å²) in [6, 6.07) is 0. The van der Waals surface area contributed by atoms with Gasteiger partial charge in [-0.3, -0.25) is 0 Å². The Hall–Kier alpha value is -0.690. The fraction of sp³-hybridized carbons (Fsp3) is 1.00. The highest BCUT2D eigenvalue weighted by molar-refractivity contribution is 7.99. The number of hydrogen-bond acceptors (Lipinski definition) is 27. The molecule has 26 nitrogen and oxygen atoms in total. The van der Waals surface area contributed by atoms with Gasteiger partial charge in [0.1, 0.15) is 97.7 Å². The lowest BCUT2D eigenvalue weighted by atomic mass is 9.92. The largest absolute Gasteiger partial charge is 0.394 e. The lowest BCUT2D eigenvalue weighted by Crippen LogP contribution is -2.60. The molecule has 12 unspecified atom stereocenters. The van der Waals surface area contributed by atoms with E-state index < -0.39 is 187 Å². The van der Waals surface area contributed by atoms with Gasteiger partial charge in [-0.05, 0) is 12.8 Å². The summed E-state index contributed by atoms with van der Waals surface area (Å²) < 4.78 is 60.8. The van der Waals surface area contributed by atoms with Crippen LogP contribution in [0.25, 0.3) is 0 Å². The van der Waals surface area contributed by atoms with Crippen molar-refractivity contribution in [2.75, 3.05) is 90.8 Å². The molecule has 0 amide bonds. The molecule has 0 saturated carbocycles. The van der Waals surface area contributed by atoms with Crippen molar-refractivity contribution in [1.82, 2.24) is 0 Å². The molecule has 4 heterocycles. The highest BCUT2D eigenvalue weighted by Crippen LogP contribution is 2.37. The second-order valence-corrected chi connectivity index (χ2v) is 25.0. The fourth-order valence-electron chi connectivity index (χ4n) is 10.8. The molecule has 4 fully saturated rings. The number of ether oxygens (including phenoxy) is 10. The van der Waals surface area contributed by atoms with Gasteiger partial charge >= 0.3 is 0 Å². The van der Waals surface area contributed by atoms with E-state index in [-0.39, 0.29) is 37.9 Å². The van der Waals surface area contributed by atoms with Gasteiger partial charge in [-0.1, -0.05) is 129 Å².